The highest BCUT2D eigenvalue weighted by molar-refractivity contribution is 6.16. The van der Waals surface area contributed by atoms with Gasteiger partial charge < -0.3 is 40.3 Å². The zero-order valence-electron chi connectivity index (χ0n) is 27.2. The van der Waals surface area contributed by atoms with E-state index in [2.05, 4.69) is 12.2 Å². The van der Waals surface area contributed by atoms with E-state index in [9.17, 15) is 35.1 Å². The number of aromatic hydroxyl groups is 4. The van der Waals surface area contributed by atoms with Crippen LogP contribution in [0.25, 0.3) is 21.5 Å². The molecule has 0 spiro atoms. The number of nitrogens with one attached hydrogen (secondary N) is 1. The van der Waals surface area contributed by atoms with E-state index in [4.69, 9.17) is 9.47 Å². The lowest BCUT2D eigenvalue weighted by molar-refractivity contribution is -0.140. The number of carboxylic acids is 1. The Hall–Kier alpha value is -4.86. The van der Waals surface area contributed by atoms with Crippen molar-refractivity contribution >= 4 is 33.4 Å². The van der Waals surface area contributed by atoms with Gasteiger partial charge in [-0.1, -0.05) is 102 Å². The lowest BCUT2D eigenvalue weighted by atomic mass is 9.98. The molecule has 10 heteroatoms. The highest BCUT2D eigenvalue weighted by atomic mass is 16.5. The largest absolute Gasteiger partial charge is 0.506 e. The molecular formula is C37H45NO9. The summed E-state index contributed by atoms with van der Waals surface area (Å²) in [7, 11) is 0. The second kappa shape index (κ2) is 16.1. The number of hydrogen-bond acceptors (Lipinski definition) is 8. The summed E-state index contributed by atoms with van der Waals surface area (Å²) in [6, 6.07) is 11.9. The van der Waals surface area contributed by atoms with Gasteiger partial charge in [0.1, 0.15) is 24.1 Å². The molecule has 0 saturated heterocycles. The number of ether oxygens (including phenoxy) is 2. The van der Waals surface area contributed by atoms with Crippen LogP contribution in [0.2, 0.25) is 0 Å². The third-order valence-electron chi connectivity index (χ3n) is 8.33. The maximum Gasteiger partial charge on any atom is 0.326 e. The average molecular weight is 648 g/mol. The SMILES string of the molecule is CCCCCCCCCCOc1c(O)c(O)c(OCc2ccc(C(=O)N[C@H](C(=O)O)C(C)C)cc2)c2c(O)c3ccccc3c(O)c12. The van der Waals surface area contributed by atoms with E-state index in [1.165, 1.54) is 37.8 Å². The Kier molecular flexibility index (Phi) is 12.0. The van der Waals surface area contributed by atoms with Crippen molar-refractivity contribution in [1.82, 2.24) is 5.32 Å². The molecule has 6 N–H and O–H groups in total. The average Bonchev–Trinajstić information content (AvgIpc) is 3.06. The summed E-state index contributed by atoms with van der Waals surface area (Å²) in [4.78, 5) is 24.1. The third-order valence-corrected chi connectivity index (χ3v) is 8.33. The molecule has 0 radical (unpaired) electrons. The van der Waals surface area contributed by atoms with Crippen LogP contribution in [0, 0.1) is 5.92 Å². The normalized spacial score (nSPS) is 12.0. The van der Waals surface area contributed by atoms with Gasteiger partial charge in [0.2, 0.25) is 11.5 Å². The Morgan fingerprint density at radius 1 is 0.702 bits per heavy atom. The van der Waals surface area contributed by atoms with Gasteiger partial charge >= 0.3 is 5.97 Å². The van der Waals surface area contributed by atoms with Crippen molar-refractivity contribution in [3.05, 3.63) is 59.7 Å². The van der Waals surface area contributed by atoms with E-state index >= 15 is 0 Å². The van der Waals surface area contributed by atoms with Gasteiger partial charge in [-0.2, -0.15) is 0 Å². The first-order chi connectivity index (χ1) is 22.6. The van der Waals surface area contributed by atoms with Crippen molar-refractivity contribution in [2.24, 2.45) is 5.92 Å². The standard InChI is InChI=1S/C37H45NO9/c1-4-5-6-7-8-9-10-13-20-46-34-27-28(31(40)26-15-12-11-14-25(26)30(27)39)35(33(42)32(34)41)47-21-23-16-18-24(19-17-23)36(43)38-29(22(2)3)37(44)45/h11-12,14-19,22,29,39-42H,4-10,13,20-21H2,1-3H3,(H,38,43)(H,44,45)/t29-/m0/s1. The number of aliphatic carboxylic acids is 1. The van der Waals surface area contributed by atoms with Crippen molar-refractivity contribution in [2.75, 3.05) is 6.61 Å². The molecule has 0 fully saturated rings. The molecule has 4 rings (SSSR count). The topological polar surface area (TPSA) is 166 Å². The van der Waals surface area contributed by atoms with Gasteiger partial charge in [0.25, 0.3) is 5.91 Å². The molecule has 0 aromatic heterocycles. The summed E-state index contributed by atoms with van der Waals surface area (Å²) >= 11 is 0. The van der Waals surface area contributed by atoms with Crippen LogP contribution in [0.1, 0.15) is 88.1 Å². The van der Waals surface area contributed by atoms with Crippen LogP contribution >= 0.6 is 0 Å². The lowest BCUT2D eigenvalue weighted by Crippen LogP contribution is -2.44. The molecule has 4 aromatic carbocycles. The van der Waals surface area contributed by atoms with Crippen LogP contribution in [0.3, 0.4) is 0 Å². The molecule has 0 heterocycles. The monoisotopic (exact) mass is 647 g/mol. The first-order valence-corrected chi connectivity index (χ1v) is 16.3. The first kappa shape index (κ1) is 35.0. The summed E-state index contributed by atoms with van der Waals surface area (Å²) in [5, 5.41) is 57.6. The van der Waals surface area contributed by atoms with E-state index in [1.54, 1.807) is 50.2 Å². The smallest absolute Gasteiger partial charge is 0.326 e. The van der Waals surface area contributed by atoms with Gasteiger partial charge in [0.05, 0.1) is 17.4 Å². The predicted molar refractivity (Wildman–Crippen MR) is 181 cm³/mol. The number of carbonyl (C=O) groups excluding carboxylic acids is 1. The number of amides is 1. The minimum absolute atomic E-state index is 0.0104. The van der Waals surface area contributed by atoms with E-state index in [-0.39, 0.29) is 58.5 Å². The molecule has 0 aliphatic rings. The second-order valence-corrected chi connectivity index (χ2v) is 12.2. The molecule has 1 atom stereocenters. The summed E-state index contributed by atoms with van der Waals surface area (Å²) in [6.07, 6.45) is 8.69. The van der Waals surface area contributed by atoms with Crippen LogP contribution in [0.4, 0.5) is 0 Å². The molecular weight excluding hydrogens is 602 g/mol. The Balaban J connectivity index is 1.59. The zero-order chi connectivity index (χ0) is 34.1. The fourth-order valence-electron chi connectivity index (χ4n) is 5.63. The number of benzene rings is 4. The van der Waals surface area contributed by atoms with E-state index in [1.807, 2.05) is 0 Å². The number of carbonyl (C=O) groups is 2. The number of fused-ring (bicyclic) bond motifs is 2. The molecule has 10 nitrogen and oxygen atoms in total. The molecule has 47 heavy (non-hydrogen) atoms. The van der Waals surface area contributed by atoms with Crippen LogP contribution in [0.5, 0.6) is 34.5 Å². The lowest BCUT2D eigenvalue weighted by Gasteiger charge is -2.20. The van der Waals surface area contributed by atoms with Crippen molar-refractivity contribution < 1.29 is 44.6 Å². The van der Waals surface area contributed by atoms with Crippen LogP contribution < -0.4 is 14.8 Å². The molecule has 0 unspecified atom stereocenters. The molecule has 0 aliphatic carbocycles. The third kappa shape index (κ3) is 8.11. The van der Waals surface area contributed by atoms with Crippen LogP contribution in [-0.4, -0.2) is 50.1 Å². The van der Waals surface area contributed by atoms with Gasteiger partial charge in [0, 0.05) is 16.3 Å². The summed E-state index contributed by atoms with van der Waals surface area (Å²) < 4.78 is 11.9. The Bertz CT molecular complexity index is 1700. The van der Waals surface area contributed by atoms with Crippen molar-refractivity contribution in [3.63, 3.8) is 0 Å². The maximum absolute atomic E-state index is 12.6. The molecule has 4 aromatic rings. The number of unbranched alkanes of at least 4 members (excludes halogenated alkanes) is 7. The summed E-state index contributed by atoms with van der Waals surface area (Å²) in [6.45, 7) is 5.68. The summed E-state index contributed by atoms with van der Waals surface area (Å²) in [5.74, 6) is -4.15. The number of carboxylic acid groups (broad SMARTS) is 1. The van der Waals surface area contributed by atoms with Crippen molar-refractivity contribution in [1.29, 1.82) is 0 Å². The van der Waals surface area contributed by atoms with Crippen molar-refractivity contribution in [2.45, 2.75) is 84.8 Å². The quantitative estimate of drug-likeness (QED) is 0.0291. The minimum atomic E-state index is -1.12. The maximum atomic E-state index is 12.6. The van der Waals surface area contributed by atoms with E-state index < -0.39 is 29.4 Å². The molecule has 1 amide bonds. The molecule has 0 aliphatic heterocycles. The van der Waals surface area contributed by atoms with Gasteiger partial charge in [-0.05, 0) is 30.0 Å². The highest BCUT2D eigenvalue weighted by Gasteiger charge is 2.28. The fraction of sp³-hybridized carbons (Fsp3) is 0.405. The highest BCUT2D eigenvalue weighted by Crippen LogP contribution is 2.57. The first-order valence-electron chi connectivity index (χ1n) is 16.3. The number of hydrogen-bond donors (Lipinski definition) is 6. The van der Waals surface area contributed by atoms with E-state index in [0.29, 0.717) is 22.8 Å². The van der Waals surface area contributed by atoms with Gasteiger partial charge in [-0.15, -0.1) is 0 Å². The van der Waals surface area contributed by atoms with E-state index in [0.717, 1.165) is 19.3 Å². The van der Waals surface area contributed by atoms with Crippen LogP contribution in [-0.2, 0) is 11.4 Å². The van der Waals surface area contributed by atoms with Crippen molar-refractivity contribution in [3.8, 4) is 34.5 Å². The number of rotatable bonds is 17. The Morgan fingerprint density at radius 2 is 1.21 bits per heavy atom. The van der Waals surface area contributed by atoms with Gasteiger partial charge in [-0.3, -0.25) is 4.79 Å². The van der Waals surface area contributed by atoms with Gasteiger partial charge in [-0.25, -0.2) is 4.79 Å². The second-order valence-electron chi connectivity index (χ2n) is 12.2. The van der Waals surface area contributed by atoms with Gasteiger partial charge in [0.15, 0.2) is 11.5 Å². The minimum Gasteiger partial charge on any atom is -0.506 e. The molecule has 0 bridgehead atoms. The Morgan fingerprint density at radius 3 is 1.72 bits per heavy atom. The number of phenolic OH excluding ortho intramolecular Hbond substituents is 4. The van der Waals surface area contributed by atoms with Crippen LogP contribution in [0.15, 0.2) is 48.5 Å². The fourth-order valence-corrected chi connectivity index (χ4v) is 5.63. The molecule has 0 saturated carbocycles. The predicted octanol–water partition coefficient (Wildman–Crippen LogP) is 7.75. The Labute approximate surface area is 274 Å². The number of phenols is 4. The zero-order valence-corrected chi connectivity index (χ0v) is 27.2. The summed E-state index contributed by atoms with van der Waals surface area (Å²) in [5.41, 5.74) is 0.824. The molecule has 252 valence electrons.